The molecule has 0 saturated heterocycles. The molecule has 2 nitrogen and oxygen atoms in total. The van der Waals surface area contributed by atoms with Crippen LogP contribution in [0.3, 0.4) is 0 Å². The van der Waals surface area contributed by atoms with E-state index in [0.29, 0.717) is 6.04 Å². The maximum atomic E-state index is 5.92. The zero-order chi connectivity index (χ0) is 15.4. The molecule has 1 unspecified atom stereocenters. The van der Waals surface area contributed by atoms with Gasteiger partial charge in [-0.2, -0.15) is 0 Å². The molecule has 0 aliphatic rings. The predicted molar refractivity (Wildman–Crippen MR) is 98.1 cm³/mol. The van der Waals surface area contributed by atoms with Gasteiger partial charge in [-0.25, -0.2) is 0 Å². The minimum atomic E-state index is 0.304. The Morgan fingerprint density at radius 1 is 1.05 bits per heavy atom. The molecule has 0 radical (unpaired) electrons. The maximum absolute atomic E-state index is 5.92. The first kappa shape index (κ1) is 17.0. The molecule has 1 N–H and O–H groups in total. The van der Waals surface area contributed by atoms with Gasteiger partial charge in [-0.15, -0.1) is 0 Å². The molecular weight excluding hydrogens is 462 g/mol. The molecule has 2 rings (SSSR count). The molecule has 0 aromatic heterocycles. The third-order valence-corrected chi connectivity index (χ3v) is 4.87. The summed E-state index contributed by atoms with van der Waals surface area (Å²) in [4.78, 5) is 0. The Kier molecular flexibility index (Phi) is 6.29. The van der Waals surface area contributed by atoms with Crippen LogP contribution in [0.15, 0.2) is 49.8 Å². The number of hydrogen-bond acceptors (Lipinski definition) is 2. The molecule has 0 aliphatic heterocycles. The average Bonchev–Trinajstić information content (AvgIpc) is 2.42. The first-order valence-electron chi connectivity index (χ1n) is 6.67. The number of ether oxygens (including phenoxy) is 1. The van der Waals surface area contributed by atoms with Gasteiger partial charge in [0, 0.05) is 15.0 Å². The van der Waals surface area contributed by atoms with Crippen molar-refractivity contribution >= 4 is 47.8 Å². The molecule has 21 heavy (non-hydrogen) atoms. The predicted octanol–water partition coefficient (Wildman–Crippen LogP) is 6.44. The van der Waals surface area contributed by atoms with Crippen LogP contribution in [0.4, 0.5) is 0 Å². The standard InChI is InChI=1S/C16H16Br3NO/c1-3-20-10(2)13-6-5-12(9-14(13)18)21-16-7-4-11(17)8-15(16)19/h4-10,20H,3H2,1-2H3. The molecule has 5 heteroatoms. The molecule has 1 atom stereocenters. The van der Waals surface area contributed by atoms with E-state index in [1.165, 1.54) is 5.56 Å². The van der Waals surface area contributed by atoms with Crippen molar-refractivity contribution in [2.45, 2.75) is 19.9 Å². The summed E-state index contributed by atoms with van der Waals surface area (Å²) in [5, 5.41) is 3.40. The number of rotatable bonds is 5. The quantitative estimate of drug-likeness (QED) is 0.535. The molecule has 2 aromatic rings. The van der Waals surface area contributed by atoms with Crippen LogP contribution in [0.1, 0.15) is 25.5 Å². The Labute approximate surface area is 150 Å². The van der Waals surface area contributed by atoms with E-state index < -0.39 is 0 Å². The van der Waals surface area contributed by atoms with E-state index in [1.807, 2.05) is 30.3 Å². The van der Waals surface area contributed by atoms with Gasteiger partial charge < -0.3 is 10.1 Å². The molecular formula is C16H16Br3NO. The number of nitrogens with one attached hydrogen (secondary N) is 1. The lowest BCUT2D eigenvalue weighted by molar-refractivity contribution is 0.478. The van der Waals surface area contributed by atoms with E-state index in [9.17, 15) is 0 Å². The summed E-state index contributed by atoms with van der Waals surface area (Å²) in [6, 6.07) is 12.2. The SMILES string of the molecule is CCNC(C)c1ccc(Oc2ccc(Br)cc2Br)cc1Br. The monoisotopic (exact) mass is 475 g/mol. The van der Waals surface area contributed by atoms with Gasteiger partial charge in [0.15, 0.2) is 0 Å². The summed E-state index contributed by atoms with van der Waals surface area (Å²) in [6.07, 6.45) is 0. The zero-order valence-corrected chi connectivity index (χ0v) is 16.5. The van der Waals surface area contributed by atoms with E-state index in [-0.39, 0.29) is 0 Å². The third kappa shape index (κ3) is 4.55. The highest BCUT2D eigenvalue weighted by Gasteiger charge is 2.10. The molecule has 0 spiro atoms. The fraction of sp³-hybridized carbons (Fsp3) is 0.250. The topological polar surface area (TPSA) is 21.3 Å². The summed E-state index contributed by atoms with van der Waals surface area (Å²) in [7, 11) is 0. The molecule has 0 heterocycles. The van der Waals surface area contributed by atoms with Gasteiger partial charge in [0.1, 0.15) is 11.5 Å². The van der Waals surface area contributed by atoms with Gasteiger partial charge in [-0.3, -0.25) is 0 Å². The van der Waals surface area contributed by atoms with Gasteiger partial charge in [-0.05, 0) is 65.3 Å². The van der Waals surface area contributed by atoms with Crippen molar-refractivity contribution < 1.29 is 4.74 Å². The fourth-order valence-corrected chi connectivity index (χ4v) is 3.85. The second kappa shape index (κ2) is 7.77. The lowest BCUT2D eigenvalue weighted by Crippen LogP contribution is -2.17. The molecule has 112 valence electrons. The van der Waals surface area contributed by atoms with Crippen molar-refractivity contribution in [2.75, 3.05) is 6.54 Å². The number of halogens is 3. The minimum absolute atomic E-state index is 0.304. The van der Waals surface area contributed by atoms with Crippen molar-refractivity contribution in [1.82, 2.24) is 5.32 Å². The molecule has 0 saturated carbocycles. The van der Waals surface area contributed by atoms with Gasteiger partial charge in [-0.1, -0.05) is 44.8 Å². The summed E-state index contributed by atoms with van der Waals surface area (Å²) in [5.41, 5.74) is 1.22. The molecule has 0 bridgehead atoms. The van der Waals surface area contributed by atoms with E-state index >= 15 is 0 Å². The average molecular weight is 478 g/mol. The Bertz CT molecular complexity index is 631. The Morgan fingerprint density at radius 3 is 2.43 bits per heavy atom. The van der Waals surface area contributed by atoms with Crippen LogP contribution in [0, 0.1) is 0 Å². The van der Waals surface area contributed by atoms with Gasteiger partial charge in [0.2, 0.25) is 0 Å². The maximum Gasteiger partial charge on any atom is 0.141 e. The second-order valence-corrected chi connectivity index (χ2v) is 7.26. The van der Waals surface area contributed by atoms with Crippen molar-refractivity contribution in [3.63, 3.8) is 0 Å². The highest BCUT2D eigenvalue weighted by atomic mass is 79.9. The summed E-state index contributed by atoms with van der Waals surface area (Å²) in [5.74, 6) is 1.59. The summed E-state index contributed by atoms with van der Waals surface area (Å²) >= 11 is 10.6. The Morgan fingerprint density at radius 2 is 1.81 bits per heavy atom. The molecule has 0 aliphatic carbocycles. The first-order chi connectivity index (χ1) is 10.0. The van der Waals surface area contributed by atoms with Crippen molar-refractivity contribution in [2.24, 2.45) is 0 Å². The van der Waals surface area contributed by atoms with Crippen LogP contribution in [-0.4, -0.2) is 6.54 Å². The van der Waals surface area contributed by atoms with Crippen LogP contribution in [-0.2, 0) is 0 Å². The summed E-state index contributed by atoms with van der Waals surface area (Å²) < 4.78 is 8.89. The van der Waals surface area contributed by atoms with Crippen molar-refractivity contribution in [3.8, 4) is 11.5 Å². The second-order valence-electron chi connectivity index (χ2n) is 4.64. The van der Waals surface area contributed by atoms with Gasteiger partial charge in [0.25, 0.3) is 0 Å². The Balaban J connectivity index is 2.20. The van der Waals surface area contributed by atoms with Crippen molar-refractivity contribution in [1.29, 1.82) is 0 Å². The molecule has 0 fully saturated rings. The van der Waals surface area contributed by atoms with Gasteiger partial charge in [0.05, 0.1) is 4.47 Å². The van der Waals surface area contributed by atoms with E-state index in [0.717, 1.165) is 31.5 Å². The lowest BCUT2D eigenvalue weighted by Gasteiger charge is -2.16. The van der Waals surface area contributed by atoms with Gasteiger partial charge >= 0.3 is 0 Å². The van der Waals surface area contributed by atoms with Crippen LogP contribution >= 0.6 is 47.8 Å². The zero-order valence-electron chi connectivity index (χ0n) is 11.8. The number of benzene rings is 2. The van der Waals surface area contributed by atoms with E-state index in [2.05, 4.69) is 73.0 Å². The van der Waals surface area contributed by atoms with E-state index in [1.54, 1.807) is 0 Å². The van der Waals surface area contributed by atoms with Crippen LogP contribution < -0.4 is 10.1 Å². The highest BCUT2D eigenvalue weighted by Crippen LogP contribution is 2.34. The van der Waals surface area contributed by atoms with E-state index in [4.69, 9.17) is 4.74 Å². The molecule has 0 amide bonds. The smallest absolute Gasteiger partial charge is 0.141 e. The lowest BCUT2D eigenvalue weighted by atomic mass is 10.1. The first-order valence-corrected chi connectivity index (χ1v) is 9.05. The Hall–Kier alpha value is -0.360. The minimum Gasteiger partial charge on any atom is -0.456 e. The van der Waals surface area contributed by atoms with Crippen LogP contribution in [0.5, 0.6) is 11.5 Å². The largest absolute Gasteiger partial charge is 0.456 e. The van der Waals surface area contributed by atoms with Crippen LogP contribution in [0.25, 0.3) is 0 Å². The fourth-order valence-electron chi connectivity index (χ4n) is 2.02. The highest BCUT2D eigenvalue weighted by molar-refractivity contribution is 9.11. The van der Waals surface area contributed by atoms with Crippen LogP contribution in [0.2, 0.25) is 0 Å². The van der Waals surface area contributed by atoms with Crippen molar-refractivity contribution in [3.05, 3.63) is 55.4 Å². The summed E-state index contributed by atoms with van der Waals surface area (Å²) in [6.45, 7) is 5.19. The normalized spacial score (nSPS) is 12.2. The number of hydrogen-bond donors (Lipinski definition) is 1. The third-order valence-electron chi connectivity index (χ3n) is 3.07. The molecule has 2 aromatic carbocycles.